The maximum atomic E-state index is 10.9. The molecule has 1 aliphatic heterocycles. The first-order valence-corrected chi connectivity index (χ1v) is 3.80. The molecule has 1 N–H and O–H groups in total. The Balaban J connectivity index is 0.000000605. The predicted molar refractivity (Wildman–Crippen MR) is 45.9 cm³/mol. The number of fused-ring (bicyclic) bond motifs is 1. The predicted octanol–water partition coefficient (Wildman–Crippen LogP) is 0.917. The quantitative estimate of drug-likeness (QED) is 0.590. The van der Waals surface area contributed by atoms with Gasteiger partial charge in [-0.2, -0.15) is 0 Å². The molecule has 2 rings (SSSR count). The van der Waals surface area contributed by atoms with Crippen molar-refractivity contribution >= 4 is 18.2 Å². The fourth-order valence-electron chi connectivity index (χ4n) is 1.75. The summed E-state index contributed by atoms with van der Waals surface area (Å²) < 4.78 is 0. The highest BCUT2D eigenvalue weighted by molar-refractivity contribution is 5.93. The molecule has 1 aliphatic carbocycles. The molecule has 1 heterocycles. The van der Waals surface area contributed by atoms with E-state index < -0.39 is 0 Å². The van der Waals surface area contributed by atoms with Crippen molar-refractivity contribution in [1.29, 1.82) is 0 Å². The topological polar surface area (TPSA) is 29.1 Å². The number of allylic oxidation sites excluding steroid dienone is 1. The van der Waals surface area contributed by atoms with Crippen molar-refractivity contribution in [2.75, 3.05) is 13.1 Å². The van der Waals surface area contributed by atoms with Crippen LogP contribution in [0.5, 0.6) is 0 Å². The fourth-order valence-corrected chi connectivity index (χ4v) is 1.75. The zero-order valence-corrected chi connectivity index (χ0v) is 7.12. The zero-order valence-electron chi connectivity index (χ0n) is 6.30. The lowest BCUT2D eigenvalue weighted by atomic mass is 9.95. The average molecular weight is 174 g/mol. The molecule has 1 unspecified atom stereocenters. The van der Waals surface area contributed by atoms with E-state index in [9.17, 15) is 4.79 Å². The summed E-state index contributed by atoms with van der Waals surface area (Å²) in [5, 5.41) is 3.26. The second-order valence-corrected chi connectivity index (χ2v) is 3.05. The van der Waals surface area contributed by atoms with E-state index in [-0.39, 0.29) is 12.4 Å². The summed E-state index contributed by atoms with van der Waals surface area (Å²) in [6.45, 7) is 2.02. The molecule has 0 aromatic rings. The third-order valence-electron chi connectivity index (χ3n) is 2.32. The first-order chi connectivity index (χ1) is 4.86. The lowest BCUT2D eigenvalue weighted by molar-refractivity contribution is -0.114. The normalized spacial score (nSPS) is 28.9. The lowest BCUT2D eigenvalue weighted by Crippen LogP contribution is -2.28. The number of hydrogen-bond donors (Lipinski definition) is 1. The second-order valence-electron chi connectivity index (χ2n) is 3.05. The molecular formula is C8H12ClNO. The summed E-state index contributed by atoms with van der Waals surface area (Å²) in [4.78, 5) is 10.9. The van der Waals surface area contributed by atoms with Gasteiger partial charge in [-0.25, -0.2) is 0 Å². The molecule has 1 atom stereocenters. The molecule has 1 fully saturated rings. The van der Waals surface area contributed by atoms with E-state index in [2.05, 4.69) is 5.32 Å². The number of rotatable bonds is 0. The third kappa shape index (κ3) is 1.63. The Morgan fingerprint density at radius 1 is 1.55 bits per heavy atom. The van der Waals surface area contributed by atoms with Gasteiger partial charge in [-0.1, -0.05) is 0 Å². The van der Waals surface area contributed by atoms with E-state index in [1.165, 1.54) is 5.57 Å². The third-order valence-corrected chi connectivity index (χ3v) is 2.32. The van der Waals surface area contributed by atoms with Gasteiger partial charge in [-0.05, 0) is 30.5 Å². The smallest absolute Gasteiger partial charge is 0.156 e. The van der Waals surface area contributed by atoms with Crippen LogP contribution in [-0.2, 0) is 4.79 Å². The largest absolute Gasteiger partial charge is 0.313 e. The Bertz CT molecular complexity index is 200. The van der Waals surface area contributed by atoms with Crippen LogP contribution in [0.1, 0.15) is 12.8 Å². The number of carbonyl (C=O) groups excluding carboxylic acids is 1. The molecule has 2 aliphatic rings. The number of hydrogen-bond acceptors (Lipinski definition) is 2. The number of piperidine rings is 1. The Labute approximate surface area is 72.5 Å². The first kappa shape index (κ1) is 8.75. The minimum atomic E-state index is 0. The number of carbonyl (C=O) groups is 1. The minimum absolute atomic E-state index is 0. The van der Waals surface area contributed by atoms with Crippen LogP contribution in [0.15, 0.2) is 11.6 Å². The van der Waals surface area contributed by atoms with Crippen LogP contribution >= 0.6 is 12.4 Å². The minimum Gasteiger partial charge on any atom is -0.313 e. The van der Waals surface area contributed by atoms with Crippen LogP contribution in [-0.4, -0.2) is 18.9 Å². The molecule has 0 bridgehead atoms. The average Bonchev–Trinajstić information content (AvgIpc) is 2.27. The second kappa shape index (κ2) is 3.37. The molecule has 11 heavy (non-hydrogen) atoms. The highest BCUT2D eigenvalue weighted by Gasteiger charge is 2.26. The summed E-state index contributed by atoms with van der Waals surface area (Å²) in [5.74, 6) is 0.914. The van der Waals surface area contributed by atoms with Crippen LogP contribution in [0.25, 0.3) is 0 Å². The zero-order chi connectivity index (χ0) is 6.97. The van der Waals surface area contributed by atoms with Gasteiger partial charge in [0.1, 0.15) is 0 Å². The summed E-state index contributed by atoms with van der Waals surface area (Å²) in [6, 6.07) is 0. The van der Waals surface area contributed by atoms with E-state index in [1.807, 2.05) is 6.08 Å². The van der Waals surface area contributed by atoms with Crippen LogP contribution < -0.4 is 5.32 Å². The summed E-state index contributed by atoms with van der Waals surface area (Å²) in [5.41, 5.74) is 1.33. The monoisotopic (exact) mass is 173 g/mol. The van der Waals surface area contributed by atoms with Crippen molar-refractivity contribution in [2.45, 2.75) is 12.8 Å². The lowest BCUT2D eigenvalue weighted by Gasteiger charge is -2.20. The van der Waals surface area contributed by atoms with E-state index in [4.69, 9.17) is 0 Å². The van der Waals surface area contributed by atoms with Gasteiger partial charge in [0.05, 0.1) is 0 Å². The molecule has 0 amide bonds. The number of ketones is 1. The molecule has 3 heteroatoms. The van der Waals surface area contributed by atoms with Crippen molar-refractivity contribution in [3.05, 3.63) is 11.6 Å². The molecule has 62 valence electrons. The molecule has 0 radical (unpaired) electrons. The van der Waals surface area contributed by atoms with Crippen molar-refractivity contribution in [2.24, 2.45) is 5.92 Å². The molecule has 2 nitrogen and oxygen atoms in total. The molecule has 1 saturated heterocycles. The molecule has 0 spiro atoms. The van der Waals surface area contributed by atoms with Gasteiger partial charge in [-0.15, -0.1) is 12.4 Å². The highest BCUT2D eigenvalue weighted by atomic mass is 35.5. The van der Waals surface area contributed by atoms with Gasteiger partial charge < -0.3 is 5.32 Å². The van der Waals surface area contributed by atoms with Gasteiger partial charge in [-0.3, -0.25) is 4.79 Å². The van der Waals surface area contributed by atoms with E-state index in [0.717, 1.165) is 25.9 Å². The van der Waals surface area contributed by atoms with Gasteiger partial charge in [0.25, 0.3) is 0 Å². The first-order valence-electron chi connectivity index (χ1n) is 3.80. The van der Waals surface area contributed by atoms with E-state index >= 15 is 0 Å². The summed E-state index contributed by atoms with van der Waals surface area (Å²) >= 11 is 0. The molecule has 0 saturated carbocycles. The number of nitrogens with one attached hydrogen (secondary N) is 1. The maximum Gasteiger partial charge on any atom is 0.156 e. The molecule has 0 aromatic heterocycles. The van der Waals surface area contributed by atoms with Crippen molar-refractivity contribution in [3.63, 3.8) is 0 Å². The summed E-state index contributed by atoms with van der Waals surface area (Å²) in [6.07, 6.45) is 3.74. The summed E-state index contributed by atoms with van der Waals surface area (Å²) in [7, 11) is 0. The van der Waals surface area contributed by atoms with Crippen LogP contribution in [0.2, 0.25) is 0 Å². The van der Waals surface area contributed by atoms with Gasteiger partial charge in [0.15, 0.2) is 5.78 Å². The van der Waals surface area contributed by atoms with Crippen LogP contribution in [0.4, 0.5) is 0 Å². The molecule has 0 aromatic carbocycles. The van der Waals surface area contributed by atoms with Crippen molar-refractivity contribution in [1.82, 2.24) is 5.32 Å². The Morgan fingerprint density at radius 3 is 3.09 bits per heavy atom. The Kier molecular flexibility index (Phi) is 2.68. The fraction of sp³-hybridized carbons (Fsp3) is 0.625. The van der Waals surface area contributed by atoms with E-state index in [1.54, 1.807) is 0 Å². The Morgan fingerprint density at radius 2 is 2.36 bits per heavy atom. The number of halogens is 1. The highest BCUT2D eigenvalue weighted by Crippen LogP contribution is 2.27. The van der Waals surface area contributed by atoms with E-state index in [0.29, 0.717) is 11.7 Å². The van der Waals surface area contributed by atoms with Crippen LogP contribution in [0, 0.1) is 5.92 Å². The van der Waals surface area contributed by atoms with Crippen LogP contribution in [0.3, 0.4) is 0 Å². The maximum absolute atomic E-state index is 10.9. The van der Waals surface area contributed by atoms with Crippen molar-refractivity contribution in [3.8, 4) is 0 Å². The SMILES string of the molecule is Cl.O=C1C=C2CNCCC2C1. The molecular weight excluding hydrogens is 162 g/mol. The Hall–Kier alpha value is -0.340. The van der Waals surface area contributed by atoms with Gasteiger partial charge in [0.2, 0.25) is 0 Å². The standard InChI is InChI=1S/C8H11NO.ClH/c10-8-3-6-1-2-9-5-7(6)4-8;/h4,6,9H,1-3,5H2;1H. The van der Waals surface area contributed by atoms with Crippen molar-refractivity contribution < 1.29 is 4.79 Å². The van der Waals surface area contributed by atoms with Gasteiger partial charge >= 0.3 is 0 Å². The van der Waals surface area contributed by atoms with Gasteiger partial charge in [0, 0.05) is 13.0 Å².